The highest BCUT2D eigenvalue weighted by Gasteiger charge is 2.10. The van der Waals surface area contributed by atoms with Crippen LogP contribution in [0.3, 0.4) is 0 Å². The van der Waals surface area contributed by atoms with E-state index in [1.54, 1.807) is 0 Å². The monoisotopic (exact) mass is 216 g/mol. The Kier molecular flexibility index (Phi) is 5.10. The van der Waals surface area contributed by atoms with Gasteiger partial charge in [-0.1, -0.05) is 36.3 Å². The maximum Gasteiger partial charge on any atom is 0.237 e. The zero-order valence-corrected chi connectivity index (χ0v) is 9.36. The molecule has 0 aliphatic heterocycles. The first kappa shape index (κ1) is 12.3. The molecule has 3 nitrogen and oxygen atoms in total. The van der Waals surface area contributed by atoms with Gasteiger partial charge in [0.25, 0.3) is 0 Å². The topological polar surface area (TPSA) is 41.1 Å². The molecule has 16 heavy (non-hydrogen) atoms. The SMILES string of the molecule is C#CCNC(=O)C(C)NCc1ccccc1. The molecule has 0 aromatic heterocycles. The fourth-order valence-electron chi connectivity index (χ4n) is 1.25. The maximum atomic E-state index is 11.5. The van der Waals surface area contributed by atoms with Gasteiger partial charge in [0.1, 0.15) is 0 Å². The smallest absolute Gasteiger partial charge is 0.237 e. The van der Waals surface area contributed by atoms with E-state index < -0.39 is 0 Å². The highest BCUT2D eigenvalue weighted by molar-refractivity contribution is 5.81. The molecule has 0 aliphatic carbocycles. The van der Waals surface area contributed by atoms with Crippen LogP contribution in [0.25, 0.3) is 0 Å². The molecule has 1 aromatic carbocycles. The van der Waals surface area contributed by atoms with Gasteiger partial charge in [0.2, 0.25) is 5.91 Å². The first-order valence-electron chi connectivity index (χ1n) is 5.22. The third-order valence-electron chi connectivity index (χ3n) is 2.21. The van der Waals surface area contributed by atoms with Crippen molar-refractivity contribution in [1.82, 2.24) is 10.6 Å². The second-order valence-corrected chi connectivity index (χ2v) is 3.51. The Morgan fingerprint density at radius 2 is 2.12 bits per heavy atom. The summed E-state index contributed by atoms with van der Waals surface area (Å²) in [5, 5.41) is 5.76. The van der Waals surface area contributed by atoms with Gasteiger partial charge in [-0.3, -0.25) is 4.79 Å². The van der Waals surface area contributed by atoms with Crippen molar-refractivity contribution in [2.45, 2.75) is 19.5 Å². The summed E-state index contributed by atoms with van der Waals surface area (Å²) < 4.78 is 0. The van der Waals surface area contributed by atoms with E-state index in [0.717, 1.165) is 5.56 Å². The van der Waals surface area contributed by atoms with Crippen molar-refractivity contribution in [3.63, 3.8) is 0 Å². The number of amides is 1. The largest absolute Gasteiger partial charge is 0.344 e. The molecule has 0 saturated heterocycles. The summed E-state index contributed by atoms with van der Waals surface area (Å²) in [6.07, 6.45) is 5.06. The lowest BCUT2D eigenvalue weighted by Crippen LogP contribution is -2.41. The lowest BCUT2D eigenvalue weighted by Gasteiger charge is -2.12. The van der Waals surface area contributed by atoms with E-state index in [1.165, 1.54) is 0 Å². The number of rotatable bonds is 5. The van der Waals surface area contributed by atoms with Crippen molar-refractivity contribution in [1.29, 1.82) is 0 Å². The van der Waals surface area contributed by atoms with Crippen molar-refractivity contribution in [2.75, 3.05) is 6.54 Å². The summed E-state index contributed by atoms with van der Waals surface area (Å²) in [4.78, 5) is 11.5. The van der Waals surface area contributed by atoms with Crippen molar-refractivity contribution < 1.29 is 4.79 Å². The van der Waals surface area contributed by atoms with E-state index in [4.69, 9.17) is 6.42 Å². The minimum absolute atomic E-state index is 0.0751. The Morgan fingerprint density at radius 1 is 1.44 bits per heavy atom. The number of hydrogen-bond acceptors (Lipinski definition) is 2. The molecular weight excluding hydrogens is 200 g/mol. The van der Waals surface area contributed by atoms with Gasteiger partial charge in [0.05, 0.1) is 12.6 Å². The Bertz CT molecular complexity index is 367. The number of nitrogens with one attached hydrogen (secondary N) is 2. The fraction of sp³-hybridized carbons (Fsp3) is 0.308. The van der Waals surface area contributed by atoms with Crippen molar-refractivity contribution in [3.8, 4) is 12.3 Å². The fourth-order valence-corrected chi connectivity index (χ4v) is 1.25. The summed E-state index contributed by atoms with van der Waals surface area (Å²) in [6.45, 7) is 2.76. The highest BCUT2D eigenvalue weighted by Crippen LogP contribution is 1.98. The van der Waals surface area contributed by atoms with E-state index in [1.807, 2.05) is 37.3 Å². The van der Waals surface area contributed by atoms with Crippen molar-refractivity contribution in [2.24, 2.45) is 0 Å². The maximum absolute atomic E-state index is 11.5. The molecule has 0 bridgehead atoms. The van der Waals surface area contributed by atoms with Gasteiger partial charge < -0.3 is 10.6 Å². The van der Waals surface area contributed by atoms with Gasteiger partial charge in [-0.25, -0.2) is 0 Å². The van der Waals surface area contributed by atoms with Gasteiger partial charge in [0.15, 0.2) is 0 Å². The molecule has 0 radical (unpaired) electrons. The standard InChI is InChI=1S/C13H16N2O/c1-3-9-14-13(16)11(2)15-10-12-7-5-4-6-8-12/h1,4-8,11,15H,9-10H2,2H3,(H,14,16). The van der Waals surface area contributed by atoms with Crippen LogP contribution in [0.2, 0.25) is 0 Å². The average molecular weight is 216 g/mol. The normalized spacial score (nSPS) is 11.5. The lowest BCUT2D eigenvalue weighted by atomic mass is 10.2. The number of carbonyl (C=O) groups is 1. The van der Waals surface area contributed by atoms with Crippen LogP contribution < -0.4 is 10.6 Å². The minimum Gasteiger partial charge on any atom is -0.344 e. The van der Waals surface area contributed by atoms with E-state index in [0.29, 0.717) is 6.54 Å². The molecule has 3 heteroatoms. The molecule has 2 N–H and O–H groups in total. The van der Waals surface area contributed by atoms with Crippen LogP contribution in [-0.2, 0) is 11.3 Å². The third kappa shape index (κ3) is 4.16. The van der Waals surface area contributed by atoms with E-state index in [2.05, 4.69) is 16.6 Å². The van der Waals surface area contributed by atoms with E-state index in [9.17, 15) is 4.79 Å². The predicted octanol–water partition coefficient (Wildman–Crippen LogP) is 0.914. The number of carbonyl (C=O) groups excluding carboxylic acids is 1. The molecule has 0 fully saturated rings. The third-order valence-corrected chi connectivity index (χ3v) is 2.21. The van der Waals surface area contributed by atoms with Crippen molar-refractivity contribution in [3.05, 3.63) is 35.9 Å². The molecule has 1 unspecified atom stereocenters. The summed E-state index contributed by atoms with van der Waals surface area (Å²) in [5.74, 6) is 2.29. The number of hydrogen-bond donors (Lipinski definition) is 2. The van der Waals surface area contributed by atoms with Gasteiger partial charge in [0, 0.05) is 6.54 Å². The molecule has 0 spiro atoms. The quantitative estimate of drug-likeness (QED) is 0.718. The Hall–Kier alpha value is -1.79. The Morgan fingerprint density at radius 3 is 2.75 bits per heavy atom. The minimum atomic E-state index is -0.242. The predicted molar refractivity (Wildman–Crippen MR) is 64.6 cm³/mol. The molecule has 84 valence electrons. The molecule has 1 aromatic rings. The van der Waals surface area contributed by atoms with Crippen LogP contribution >= 0.6 is 0 Å². The molecule has 1 amide bonds. The van der Waals surface area contributed by atoms with Crippen LogP contribution in [0.1, 0.15) is 12.5 Å². The van der Waals surface area contributed by atoms with Crippen LogP contribution in [-0.4, -0.2) is 18.5 Å². The Labute approximate surface area is 96.2 Å². The van der Waals surface area contributed by atoms with Gasteiger partial charge in [-0.15, -0.1) is 6.42 Å². The zero-order valence-electron chi connectivity index (χ0n) is 9.36. The van der Waals surface area contributed by atoms with Crippen LogP contribution in [0.15, 0.2) is 30.3 Å². The first-order valence-corrected chi connectivity index (χ1v) is 5.22. The van der Waals surface area contributed by atoms with E-state index in [-0.39, 0.29) is 18.5 Å². The molecule has 1 rings (SSSR count). The van der Waals surface area contributed by atoms with E-state index >= 15 is 0 Å². The molecule has 0 heterocycles. The second kappa shape index (κ2) is 6.65. The second-order valence-electron chi connectivity index (χ2n) is 3.51. The molecule has 0 saturated carbocycles. The van der Waals surface area contributed by atoms with Crippen molar-refractivity contribution >= 4 is 5.91 Å². The van der Waals surface area contributed by atoms with Gasteiger partial charge in [-0.05, 0) is 12.5 Å². The zero-order chi connectivity index (χ0) is 11.8. The average Bonchev–Trinajstić information content (AvgIpc) is 2.34. The highest BCUT2D eigenvalue weighted by atomic mass is 16.2. The summed E-state index contributed by atoms with van der Waals surface area (Å²) >= 11 is 0. The van der Waals surface area contributed by atoms with Crippen LogP contribution in [0, 0.1) is 12.3 Å². The van der Waals surface area contributed by atoms with Crippen LogP contribution in [0.5, 0.6) is 0 Å². The Balaban J connectivity index is 2.33. The molecule has 0 aliphatic rings. The molecule has 1 atom stereocenters. The first-order chi connectivity index (χ1) is 7.74. The summed E-state index contributed by atoms with van der Waals surface area (Å²) in [5.41, 5.74) is 1.15. The number of terminal acetylenes is 1. The molecular formula is C13H16N2O. The number of benzene rings is 1. The summed E-state index contributed by atoms with van der Waals surface area (Å²) in [6, 6.07) is 9.69. The lowest BCUT2D eigenvalue weighted by molar-refractivity contribution is -0.122. The van der Waals surface area contributed by atoms with Gasteiger partial charge in [-0.2, -0.15) is 0 Å². The van der Waals surface area contributed by atoms with Crippen LogP contribution in [0.4, 0.5) is 0 Å². The van der Waals surface area contributed by atoms with Gasteiger partial charge >= 0.3 is 0 Å². The summed E-state index contributed by atoms with van der Waals surface area (Å²) in [7, 11) is 0.